The van der Waals surface area contributed by atoms with Crippen molar-refractivity contribution in [1.82, 2.24) is 0 Å². The highest BCUT2D eigenvalue weighted by atomic mass is 16.5. The van der Waals surface area contributed by atoms with Crippen LogP contribution in [0.3, 0.4) is 0 Å². The van der Waals surface area contributed by atoms with E-state index in [-0.39, 0.29) is 12.7 Å². The molecular weight excluding hydrogens is 200 g/mol. The molecule has 1 saturated carbocycles. The number of ether oxygens (including phenoxy) is 1. The summed E-state index contributed by atoms with van der Waals surface area (Å²) in [6.45, 7) is 0.124. The maximum Gasteiger partial charge on any atom is 0.126 e. The minimum Gasteiger partial charge on any atom is -0.487 e. The lowest BCUT2D eigenvalue weighted by atomic mass is 9.94. The summed E-state index contributed by atoms with van der Waals surface area (Å²) in [4.78, 5) is 0. The molecular formula is C14H18O2. The highest BCUT2D eigenvalue weighted by Crippen LogP contribution is 2.42. The summed E-state index contributed by atoms with van der Waals surface area (Å²) in [5.74, 6) is 1.76. The summed E-state index contributed by atoms with van der Waals surface area (Å²) >= 11 is 0. The van der Waals surface area contributed by atoms with Gasteiger partial charge in [0.2, 0.25) is 0 Å². The van der Waals surface area contributed by atoms with Crippen molar-refractivity contribution >= 4 is 0 Å². The van der Waals surface area contributed by atoms with Crippen LogP contribution in [-0.4, -0.2) is 17.8 Å². The number of aliphatic hydroxyl groups excluding tert-OH is 1. The van der Waals surface area contributed by atoms with Crippen LogP contribution < -0.4 is 4.74 Å². The molecule has 1 aromatic rings. The number of hydrogen-bond donors (Lipinski definition) is 1. The van der Waals surface area contributed by atoms with Crippen molar-refractivity contribution in [2.75, 3.05) is 6.61 Å². The minimum atomic E-state index is -0.0162. The predicted octanol–water partition coefficient (Wildman–Crippen LogP) is 2.64. The Morgan fingerprint density at radius 1 is 1.25 bits per heavy atom. The highest BCUT2D eigenvalue weighted by Gasteiger charge is 2.28. The van der Waals surface area contributed by atoms with Gasteiger partial charge in [-0.3, -0.25) is 0 Å². The van der Waals surface area contributed by atoms with E-state index in [0.29, 0.717) is 5.92 Å². The first-order chi connectivity index (χ1) is 7.88. The molecule has 1 atom stereocenters. The van der Waals surface area contributed by atoms with E-state index in [2.05, 4.69) is 18.2 Å². The molecule has 86 valence electrons. The van der Waals surface area contributed by atoms with Crippen LogP contribution in [0.25, 0.3) is 0 Å². The zero-order valence-corrected chi connectivity index (χ0v) is 9.48. The summed E-state index contributed by atoms with van der Waals surface area (Å²) in [5.41, 5.74) is 2.66. The fraction of sp³-hybridized carbons (Fsp3) is 0.571. The Kier molecular flexibility index (Phi) is 2.60. The average Bonchev–Trinajstić information content (AvgIpc) is 2.97. The molecule has 16 heavy (non-hydrogen) atoms. The first kappa shape index (κ1) is 10.2. The molecule has 1 aliphatic carbocycles. The van der Waals surface area contributed by atoms with Gasteiger partial charge in [-0.15, -0.1) is 0 Å². The van der Waals surface area contributed by atoms with Crippen LogP contribution in [0.4, 0.5) is 0 Å². The second-order valence-corrected chi connectivity index (χ2v) is 4.94. The number of benzene rings is 1. The van der Waals surface area contributed by atoms with Crippen LogP contribution >= 0.6 is 0 Å². The quantitative estimate of drug-likeness (QED) is 0.827. The first-order valence-corrected chi connectivity index (χ1v) is 6.28. The van der Waals surface area contributed by atoms with Gasteiger partial charge in [0.05, 0.1) is 6.61 Å². The van der Waals surface area contributed by atoms with Gasteiger partial charge in [0.25, 0.3) is 0 Å². The molecule has 1 aromatic carbocycles. The SMILES string of the molecule is OC[C@@H]1Cc2cccc(C3CCCC3)c2O1. The summed E-state index contributed by atoms with van der Waals surface area (Å²) in [7, 11) is 0. The number of rotatable bonds is 2. The maximum atomic E-state index is 9.17. The third-order valence-corrected chi connectivity index (χ3v) is 3.86. The van der Waals surface area contributed by atoms with Crippen molar-refractivity contribution in [3.05, 3.63) is 29.3 Å². The van der Waals surface area contributed by atoms with Crippen LogP contribution in [0.2, 0.25) is 0 Å². The van der Waals surface area contributed by atoms with Crippen molar-refractivity contribution in [1.29, 1.82) is 0 Å². The van der Waals surface area contributed by atoms with E-state index in [4.69, 9.17) is 9.84 Å². The monoisotopic (exact) mass is 218 g/mol. The fourth-order valence-corrected chi connectivity index (χ4v) is 3.02. The molecule has 3 rings (SSSR count). The highest BCUT2D eigenvalue weighted by molar-refractivity contribution is 5.46. The van der Waals surface area contributed by atoms with Gasteiger partial charge in [-0.25, -0.2) is 0 Å². The minimum absolute atomic E-state index is 0.0162. The molecule has 2 heteroatoms. The second kappa shape index (κ2) is 4.10. The van der Waals surface area contributed by atoms with E-state index in [1.54, 1.807) is 0 Å². The van der Waals surface area contributed by atoms with Crippen LogP contribution in [-0.2, 0) is 6.42 Å². The molecule has 1 N–H and O–H groups in total. The Bertz CT molecular complexity index is 380. The molecule has 1 heterocycles. The first-order valence-electron chi connectivity index (χ1n) is 6.28. The van der Waals surface area contributed by atoms with Gasteiger partial charge in [0.15, 0.2) is 0 Å². The largest absolute Gasteiger partial charge is 0.487 e. The average molecular weight is 218 g/mol. The van der Waals surface area contributed by atoms with Gasteiger partial charge in [0.1, 0.15) is 11.9 Å². The van der Waals surface area contributed by atoms with Crippen molar-refractivity contribution in [3.63, 3.8) is 0 Å². The van der Waals surface area contributed by atoms with Crippen molar-refractivity contribution in [2.24, 2.45) is 0 Å². The van der Waals surface area contributed by atoms with E-state index >= 15 is 0 Å². The maximum absolute atomic E-state index is 9.17. The molecule has 0 amide bonds. The smallest absolute Gasteiger partial charge is 0.126 e. The number of hydrogen-bond acceptors (Lipinski definition) is 2. The Morgan fingerprint density at radius 2 is 2.06 bits per heavy atom. The molecule has 0 bridgehead atoms. The zero-order valence-electron chi connectivity index (χ0n) is 9.48. The number of fused-ring (bicyclic) bond motifs is 1. The van der Waals surface area contributed by atoms with E-state index in [9.17, 15) is 0 Å². The summed E-state index contributed by atoms with van der Waals surface area (Å²) in [6, 6.07) is 6.47. The summed E-state index contributed by atoms with van der Waals surface area (Å²) in [6.07, 6.45) is 6.13. The summed E-state index contributed by atoms with van der Waals surface area (Å²) < 4.78 is 5.85. The third-order valence-electron chi connectivity index (χ3n) is 3.86. The van der Waals surface area contributed by atoms with E-state index < -0.39 is 0 Å². The summed E-state index contributed by atoms with van der Waals surface area (Å²) in [5, 5.41) is 9.17. The topological polar surface area (TPSA) is 29.5 Å². The van der Waals surface area contributed by atoms with Crippen LogP contribution in [0.15, 0.2) is 18.2 Å². The molecule has 2 aliphatic rings. The van der Waals surface area contributed by atoms with E-state index in [0.717, 1.165) is 12.2 Å². The van der Waals surface area contributed by atoms with E-state index in [1.807, 2.05) is 0 Å². The van der Waals surface area contributed by atoms with Crippen LogP contribution in [0.1, 0.15) is 42.7 Å². The molecule has 1 aliphatic heterocycles. The standard InChI is InChI=1S/C14H18O2/c15-9-12-8-11-6-3-7-13(14(11)16-12)10-4-1-2-5-10/h3,6-7,10,12,15H,1-2,4-5,8-9H2/t12-/m0/s1. The number of para-hydroxylation sites is 1. The van der Waals surface area contributed by atoms with Gasteiger partial charge >= 0.3 is 0 Å². The lowest BCUT2D eigenvalue weighted by Crippen LogP contribution is -2.17. The number of aliphatic hydroxyl groups is 1. The second-order valence-electron chi connectivity index (χ2n) is 4.94. The Hall–Kier alpha value is -1.02. The molecule has 0 saturated heterocycles. The normalized spacial score (nSPS) is 24.4. The van der Waals surface area contributed by atoms with Gasteiger partial charge in [-0.1, -0.05) is 31.0 Å². The lowest BCUT2D eigenvalue weighted by molar-refractivity contribution is 0.133. The molecule has 0 unspecified atom stereocenters. The Balaban J connectivity index is 1.93. The Morgan fingerprint density at radius 3 is 2.81 bits per heavy atom. The van der Waals surface area contributed by atoms with E-state index in [1.165, 1.54) is 36.8 Å². The van der Waals surface area contributed by atoms with Crippen molar-refractivity contribution in [3.8, 4) is 5.75 Å². The molecule has 2 nitrogen and oxygen atoms in total. The van der Waals surface area contributed by atoms with Crippen LogP contribution in [0.5, 0.6) is 5.75 Å². The zero-order chi connectivity index (χ0) is 11.0. The van der Waals surface area contributed by atoms with Gasteiger partial charge < -0.3 is 9.84 Å². The van der Waals surface area contributed by atoms with Crippen molar-refractivity contribution < 1.29 is 9.84 Å². The molecule has 0 radical (unpaired) electrons. The van der Waals surface area contributed by atoms with Gasteiger partial charge in [0, 0.05) is 6.42 Å². The molecule has 0 aromatic heterocycles. The molecule has 0 spiro atoms. The lowest BCUT2D eigenvalue weighted by Gasteiger charge is -2.15. The third kappa shape index (κ3) is 1.61. The van der Waals surface area contributed by atoms with Crippen LogP contribution in [0, 0.1) is 0 Å². The van der Waals surface area contributed by atoms with Crippen molar-refractivity contribution in [2.45, 2.75) is 44.1 Å². The molecule has 1 fully saturated rings. The predicted molar refractivity (Wildman–Crippen MR) is 62.9 cm³/mol. The van der Waals surface area contributed by atoms with Gasteiger partial charge in [-0.05, 0) is 29.9 Å². The Labute approximate surface area is 96.2 Å². The fourth-order valence-electron chi connectivity index (χ4n) is 3.02. The van der Waals surface area contributed by atoms with Gasteiger partial charge in [-0.2, -0.15) is 0 Å².